The highest BCUT2D eigenvalue weighted by molar-refractivity contribution is 7.89. The van der Waals surface area contributed by atoms with Gasteiger partial charge in [-0.2, -0.15) is 0 Å². The summed E-state index contributed by atoms with van der Waals surface area (Å²) in [5, 5.41) is 5.08. The van der Waals surface area contributed by atoms with Gasteiger partial charge in [-0.1, -0.05) is 24.3 Å². The number of alkyl halides is 1. The van der Waals surface area contributed by atoms with Crippen molar-refractivity contribution in [1.29, 1.82) is 0 Å². The Labute approximate surface area is 133 Å². The van der Waals surface area contributed by atoms with Gasteiger partial charge in [0.05, 0.1) is 4.90 Å². The minimum Gasteiger partial charge on any atom is -0.247 e. The first kappa shape index (κ1) is 15.8. The average molecular weight is 335 g/mol. The van der Waals surface area contributed by atoms with Gasteiger partial charge in [0.25, 0.3) is 0 Å². The molecule has 0 aliphatic heterocycles. The van der Waals surface area contributed by atoms with Crippen molar-refractivity contribution in [3.05, 3.63) is 65.5 Å². The SMILES string of the molecule is NS(=O)(=O)c1ccc(C2=C(c3ccc(F)cc3)CC(F)C2)cc1. The van der Waals surface area contributed by atoms with E-state index in [1.165, 1.54) is 24.3 Å². The van der Waals surface area contributed by atoms with E-state index in [0.29, 0.717) is 0 Å². The van der Waals surface area contributed by atoms with Crippen molar-refractivity contribution in [2.75, 3.05) is 0 Å². The molecule has 3 rings (SSSR count). The van der Waals surface area contributed by atoms with Crippen LogP contribution in [0.25, 0.3) is 11.1 Å². The van der Waals surface area contributed by atoms with Crippen LogP contribution >= 0.6 is 0 Å². The van der Waals surface area contributed by atoms with E-state index in [9.17, 15) is 17.2 Å². The molecule has 2 N–H and O–H groups in total. The van der Waals surface area contributed by atoms with Crippen LogP contribution < -0.4 is 5.14 Å². The first-order valence-corrected chi connectivity index (χ1v) is 8.64. The topological polar surface area (TPSA) is 60.2 Å². The summed E-state index contributed by atoms with van der Waals surface area (Å²) < 4.78 is 49.6. The molecular formula is C17H15F2NO2S. The van der Waals surface area contributed by atoms with Crippen molar-refractivity contribution in [3.8, 4) is 0 Å². The van der Waals surface area contributed by atoms with E-state index in [-0.39, 0.29) is 23.6 Å². The van der Waals surface area contributed by atoms with Crippen LogP contribution in [0, 0.1) is 5.82 Å². The Hall–Kier alpha value is -2.05. The minimum atomic E-state index is -3.76. The number of allylic oxidation sites excluding steroid dienone is 2. The fourth-order valence-corrected chi connectivity index (χ4v) is 3.36. The Morgan fingerprint density at radius 3 is 1.74 bits per heavy atom. The molecule has 0 radical (unpaired) electrons. The van der Waals surface area contributed by atoms with E-state index in [0.717, 1.165) is 22.3 Å². The zero-order chi connectivity index (χ0) is 16.6. The van der Waals surface area contributed by atoms with Gasteiger partial charge in [0.2, 0.25) is 10.0 Å². The minimum absolute atomic E-state index is 0.0139. The van der Waals surface area contributed by atoms with Crippen molar-refractivity contribution in [3.63, 3.8) is 0 Å². The molecule has 3 nitrogen and oxygen atoms in total. The molecule has 1 aliphatic rings. The predicted molar refractivity (Wildman–Crippen MR) is 85.2 cm³/mol. The summed E-state index contributed by atoms with van der Waals surface area (Å²) in [5.74, 6) is -0.344. The fraction of sp³-hybridized carbons (Fsp3) is 0.176. The van der Waals surface area contributed by atoms with Gasteiger partial charge in [0, 0.05) is 12.8 Å². The smallest absolute Gasteiger partial charge is 0.238 e. The average Bonchev–Trinajstić information content (AvgIpc) is 2.89. The Morgan fingerprint density at radius 1 is 0.870 bits per heavy atom. The molecule has 2 aromatic carbocycles. The van der Waals surface area contributed by atoms with Gasteiger partial charge in [-0.3, -0.25) is 0 Å². The molecule has 120 valence electrons. The molecule has 0 aromatic heterocycles. The van der Waals surface area contributed by atoms with E-state index >= 15 is 0 Å². The Bertz CT molecular complexity index is 856. The highest BCUT2D eigenvalue weighted by Gasteiger charge is 2.26. The van der Waals surface area contributed by atoms with Crippen LogP contribution in [0.3, 0.4) is 0 Å². The van der Waals surface area contributed by atoms with Crippen molar-refractivity contribution >= 4 is 21.2 Å². The molecule has 1 aliphatic carbocycles. The number of halogens is 2. The lowest BCUT2D eigenvalue weighted by molar-refractivity contribution is 0.357. The third-order valence-corrected chi connectivity index (χ3v) is 4.87. The van der Waals surface area contributed by atoms with Crippen LogP contribution in [0.1, 0.15) is 24.0 Å². The maximum atomic E-state index is 13.9. The van der Waals surface area contributed by atoms with Crippen molar-refractivity contribution in [2.45, 2.75) is 23.9 Å². The third kappa shape index (κ3) is 3.33. The number of hydrogen-bond acceptors (Lipinski definition) is 2. The van der Waals surface area contributed by atoms with Crippen molar-refractivity contribution in [1.82, 2.24) is 0 Å². The molecule has 0 fully saturated rings. The van der Waals surface area contributed by atoms with Gasteiger partial charge in [-0.15, -0.1) is 0 Å². The van der Waals surface area contributed by atoms with Crippen LogP contribution in [0.2, 0.25) is 0 Å². The molecule has 1 atom stereocenters. The Kier molecular flexibility index (Phi) is 4.04. The maximum absolute atomic E-state index is 13.9. The number of primary sulfonamides is 1. The highest BCUT2D eigenvalue weighted by atomic mass is 32.2. The second-order valence-corrected chi connectivity index (χ2v) is 7.10. The summed E-state index contributed by atoms with van der Waals surface area (Å²) in [7, 11) is -3.76. The lowest BCUT2D eigenvalue weighted by atomic mass is 9.97. The van der Waals surface area contributed by atoms with Crippen LogP contribution in [-0.2, 0) is 10.0 Å². The summed E-state index contributed by atoms with van der Waals surface area (Å²) in [6.07, 6.45) is -0.484. The zero-order valence-corrected chi connectivity index (χ0v) is 13.0. The van der Waals surface area contributed by atoms with Crippen LogP contribution in [0.5, 0.6) is 0 Å². The van der Waals surface area contributed by atoms with Crippen LogP contribution in [-0.4, -0.2) is 14.6 Å². The maximum Gasteiger partial charge on any atom is 0.238 e. The molecule has 23 heavy (non-hydrogen) atoms. The van der Waals surface area contributed by atoms with E-state index < -0.39 is 16.2 Å². The number of sulfonamides is 1. The molecule has 0 amide bonds. The standard InChI is InChI=1S/C17H15F2NO2S/c18-13-5-1-11(2-6-13)16-9-14(19)10-17(16)12-3-7-15(8-4-12)23(20,21)22/h1-8,14H,9-10H2,(H2,20,21,22). The summed E-state index contributed by atoms with van der Waals surface area (Å²) in [6.45, 7) is 0. The van der Waals surface area contributed by atoms with E-state index in [4.69, 9.17) is 5.14 Å². The fourth-order valence-electron chi connectivity index (χ4n) is 2.84. The molecule has 6 heteroatoms. The largest absolute Gasteiger partial charge is 0.247 e. The zero-order valence-electron chi connectivity index (χ0n) is 12.2. The number of hydrogen-bond donors (Lipinski definition) is 1. The summed E-state index contributed by atoms with van der Waals surface area (Å²) in [5.41, 5.74) is 3.15. The van der Waals surface area contributed by atoms with Crippen LogP contribution in [0.4, 0.5) is 8.78 Å². The second-order valence-electron chi connectivity index (χ2n) is 5.54. The van der Waals surface area contributed by atoms with Gasteiger partial charge in [-0.25, -0.2) is 22.3 Å². The number of rotatable bonds is 3. The summed E-state index contributed by atoms with van der Waals surface area (Å²) >= 11 is 0. The van der Waals surface area contributed by atoms with Gasteiger partial charge in [-0.05, 0) is 46.5 Å². The number of benzene rings is 2. The molecule has 1 unspecified atom stereocenters. The molecule has 0 heterocycles. The van der Waals surface area contributed by atoms with Crippen molar-refractivity contribution < 1.29 is 17.2 Å². The first-order valence-electron chi connectivity index (χ1n) is 7.10. The lowest BCUT2D eigenvalue weighted by Gasteiger charge is -2.09. The quantitative estimate of drug-likeness (QED) is 0.933. The van der Waals surface area contributed by atoms with Gasteiger partial charge in [0.1, 0.15) is 12.0 Å². The van der Waals surface area contributed by atoms with Gasteiger partial charge in [0.15, 0.2) is 0 Å². The van der Waals surface area contributed by atoms with E-state index in [1.807, 2.05) is 0 Å². The van der Waals surface area contributed by atoms with Crippen LogP contribution in [0.15, 0.2) is 53.4 Å². The molecule has 2 aromatic rings. The number of nitrogens with two attached hydrogens (primary N) is 1. The molecule has 0 bridgehead atoms. The Morgan fingerprint density at radius 2 is 1.30 bits per heavy atom. The highest BCUT2D eigenvalue weighted by Crippen LogP contribution is 2.41. The molecule has 0 saturated heterocycles. The van der Waals surface area contributed by atoms with E-state index in [1.54, 1.807) is 24.3 Å². The summed E-state index contributed by atoms with van der Waals surface area (Å²) in [4.78, 5) is 0.0139. The van der Waals surface area contributed by atoms with E-state index in [2.05, 4.69) is 0 Å². The predicted octanol–water partition coefficient (Wildman–Crippen LogP) is 3.52. The monoisotopic (exact) mass is 335 g/mol. The third-order valence-electron chi connectivity index (χ3n) is 3.94. The molecular weight excluding hydrogens is 320 g/mol. The molecule has 0 spiro atoms. The normalized spacial score (nSPS) is 18.5. The Balaban J connectivity index is 2.04. The first-order chi connectivity index (χ1) is 10.8. The van der Waals surface area contributed by atoms with Crippen molar-refractivity contribution in [2.24, 2.45) is 5.14 Å². The molecule has 0 saturated carbocycles. The van der Waals surface area contributed by atoms with Gasteiger partial charge >= 0.3 is 0 Å². The second kappa shape index (κ2) is 5.86. The summed E-state index contributed by atoms with van der Waals surface area (Å²) in [6, 6.07) is 12.0. The lowest BCUT2D eigenvalue weighted by Crippen LogP contribution is -2.11. The van der Waals surface area contributed by atoms with Gasteiger partial charge < -0.3 is 0 Å².